The second-order valence-corrected chi connectivity index (χ2v) is 6.77. The van der Waals surface area contributed by atoms with E-state index in [0.29, 0.717) is 45.2 Å². The lowest BCUT2D eigenvalue weighted by Crippen LogP contribution is -2.51. The highest BCUT2D eigenvalue weighted by molar-refractivity contribution is 6.33. The van der Waals surface area contributed by atoms with Crippen molar-refractivity contribution in [2.24, 2.45) is 5.92 Å². The van der Waals surface area contributed by atoms with E-state index in [1.165, 1.54) is 18.2 Å². The molecule has 24 heavy (non-hydrogen) atoms. The third-order valence-electron chi connectivity index (χ3n) is 3.91. The van der Waals surface area contributed by atoms with Crippen LogP contribution in [0, 0.1) is 11.7 Å². The molecule has 1 aromatic carbocycles. The topological polar surface area (TPSA) is 52.7 Å². The Kier molecular flexibility index (Phi) is 6.57. The number of hydrogen-bond donors (Lipinski definition) is 1. The van der Waals surface area contributed by atoms with Crippen molar-refractivity contribution in [1.29, 1.82) is 0 Å². The molecular weight excluding hydrogens is 333 g/mol. The second kappa shape index (κ2) is 8.44. The van der Waals surface area contributed by atoms with Gasteiger partial charge in [-0.3, -0.25) is 14.5 Å². The Balaban J connectivity index is 1.86. The number of halogens is 2. The van der Waals surface area contributed by atoms with Crippen LogP contribution >= 0.6 is 11.6 Å². The number of hydrogen-bond acceptors (Lipinski definition) is 3. The van der Waals surface area contributed by atoms with Crippen LogP contribution in [0.15, 0.2) is 18.2 Å². The van der Waals surface area contributed by atoms with Gasteiger partial charge in [-0.1, -0.05) is 31.5 Å². The van der Waals surface area contributed by atoms with Crippen molar-refractivity contribution in [2.75, 3.05) is 39.3 Å². The van der Waals surface area contributed by atoms with Gasteiger partial charge in [0.05, 0.1) is 17.1 Å². The van der Waals surface area contributed by atoms with Crippen molar-refractivity contribution in [1.82, 2.24) is 15.1 Å². The second-order valence-electron chi connectivity index (χ2n) is 6.36. The summed E-state index contributed by atoms with van der Waals surface area (Å²) in [7, 11) is 0. The van der Waals surface area contributed by atoms with Gasteiger partial charge in [0, 0.05) is 32.7 Å². The predicted molar refractivity (Wildman–Crippen MR) is 91.6 cm³/mol. The first-order valence-electron chi connectivity index (χ1n) is 8.11. The summed E-state index contributed by atoms with van der Waals surface area (Å²) >= 11 is 5.95. The zero-order valence-corrected chi connectivity index (χ0v) is 14.8. The highest BCUT2D eigenvalue weighted by atomic mass is 35.5. The molecule has 1 fully saturated rings. The van der Waals surface area contributed by atoms with E-state index in [2.05, 4.69) is 5.32 Å². The maximum absolute atomic E-state index is 13.9. The molecule has 1 saturated heterocycles. The first-order chi connectivity index (χ1) is 11.4. The molecule has 1 aliphatic rings. The smallest absolute Gasteiger partial charge is 0.258 e. The van der Waals surface area contributed by atoms with Crippen LogP contribution < -0.4 is 5.32 Å². The van der Waals surface area contributed by atoms with Gasteiger partial charge in [0.1, 0.15) is 5.82 Å². The van der Waals surface area contributed by atoms with E-state index >= 15 is 0 Å². The average molecular weight is 356 g/mol. The SMILES string of the molecule is CC(C)CNC(=O)CN1CCN(C(=O)c2c(F)cccc2Cl)CC1. The number of carbonyl (C=O) groups is 2. The molecule has 1 N–H and O–H groups in total. The predicted octanol–water partition coefficient (Wildman–Crippen LogP) is 2.01. The summed E-state index contributed by atoms with van der Waals surface area (Å²) in [6.07, 6.45) is 0. The van der Waals surface area contributed by atoms with E-state index < -0.39 is 11.7 Å². The highest BCUT2D eigenvalue weighted by Gasteiger charge is 2.26. The lowest BCUT2D eigenvalue weighted by atomic mass is 10.1. The van der Waals surface area contributed by atoms with E-state index in [1.807, 2.05) is 18.7 Å². The van der Waals surface area contributed by atoms with Crippen LogP contribution in [0.2, 0.25) is 5.02 Å². The van der Waals surface area contributed by atoms with E-state index in [9.17, 15) is 14.0 Å². The zero-order chi connectivity index (χ0) is 17.7. The van der Waals surface area contributed by atoms with Gasteiger partial charge >= 0.3 is 0 Å². The summed E-state index contributed by atoms with van der Waals surface area (Å²) in [6.45, 7) is 7.09. The third kappa shape index (κ3) is 4.92. The Morgan fingerprint density at radius 2 is 1.92 bits per heavy atom. The van der Waals surface area contributed by atoms with Crippen LogP contribution in [0.3, 0.4) is 0 Å². The summed E-state index contributed by atoms with van der Waals surface area (Å²) in [5.74, 6) is -0.612. The molecule has 0 bridgehead atoms. The molecule has 0 unspecified atom stereocenters. The molecule has 0 aliphatic carbocycles. The molecule has 2 rings (SSSR count). The van der Waals surface area contributed by atoms with Gasteiger partial charge in [-0.25, -0.2) is 4.39 Å². The number of piperazine rings is 1. The van der Waals surface area contributed by atoms with E-state index in [4.69, 9.17) is 11.6 Å². The number of amides is 2. The van der Waals surface area contributed by atoms with Gasteiger partial charge in [0.15, 0.2) is 0 Å². The van der Waals surface area contributed by atoms with Crippen LogP contribution in [0.4, 0.5) is 4.39 Å². The fraction of sp³-hybridized carbons (Fsp3) is 0.529. The molecule has 0 radical (unpaired) electrons. The summed E-state index contributed by atoms with van der Waals surface area (Å²) in [5, 5.41) is 3.00. The minimum Gasteiger partial charge on any atom is -0.355 e. The normalized spacial score (nSPS) is 15.6. The fourth-order valence-electron chi connectivity index (χ4n) is 2.55. The quantitative estimate of drug-likeness (QED) is 0.879. The summed E-state index contributed by atoms with van der Waals surface area (Å²) in [5.41, 5.74) is -0.0812. The van der Waals surface area contributed by atoms with E-state index in [1.54, 1.807) is 4.90 Å². The Hall–Kier alpha value is -1.66. The zero-order valence-electron chi connectivity index (χ0n) is 14.0. The lowest BCUT2D eigenvalue weighted by molar-refractivity contribution is -0.122. The maximum atomic E-state index is 13.9. The highest BCUT2D eigenvalue weighted by Crippen LogP contribution is 2.21. The first kappa shape index (κ1) is 18.7. The molecule has 7 heteroatoms. The van der Waals surface area contributed by atoms with Crippen molar-refractivity contribution in [3.05, 3.63) is 34.6 Å². The number of nitrogens with one attached hydrogen (secondary N) is 1. The van der Waals surface area contributed by atoms with Crippen molar-refractivity contribution in [3.8, 4) is 0 Å². The Morgan fingerprint density at radius 3 is 2.50 bits per heavy atom. The largest absolute Gasteiger partial charge is 0.355 e. The maximum Gasteiger partial charge on any atom is 0.258 e. The molecule has 5 nitrogen and oxygen atoms in total. The van der Waals surface area contributed by atoms with Gasteiger partial charge in [0.25, 0.3) is 5.91 Å². The fourth-order valence-corrected chi connectivity index (χ4v) is 2.79. The molecule has 132 valence electrons. The average Bonchev–Trinajstić information content (AvgIpc) is 2.53. The molecule has 0 atom stereocenters. The summed E-state index contributed by atoms with van der Waals surface area (Å²) in [4.78, 5) is 27.9. The third-order valence-corrected chi connectivity index (χ3v) is 4.23. The molecule has 2 amide bonds. The minimum atomic E-state index is -0.608. The van der Waals surface area contributed by atoms with Crippen LogP contribution in [0.5, 0.6) is 0 Å². The van der Waals surface area contributed by atoms with Gasteiger partial charge in [0.2, 0.25) is 5.91 Å². The molecular formula is C17H23ClFN3O2. The van der Waals surface area contributed by atoms with E-state index in [0.717, 1.165) is 0 Å². The minimum absolute atomic E-state index is 0.0133. The number of carbonyl (C=O) groups excluding carboxylic acids is 2. The van der Waals surface area contributed by atoms with Crippen LogP contribution in [-0.4, -0.2) is 60.9 Å². The van der Waals surface area contributed by atoms with Gasteiger partial charge < -0.3 is 10.2 Å². The van der Waals surface area contributed by atoms with Crippen LogP contribution in [0.25, 0.3) is 0 Å². The van der Waals surface area contributed by atoms with Gasteiger partial charge in [-0.05, 0) is 18.1 Å². The van der Waals surface area contributed by atoms with Crippen molar-refractivity contribution >= 4 is 23.4 Å². The number of rotatable bonds is 5. The Morgan fingerprint density at radius 1 is 1.25 bits per heavy atom. The van der Waals surface area contributed by atoms with Gasteiger partial charge in [-0.2, -0.15) is 0 Å². The lowest BCUT2D eigenvalue weighted by Gasteiger charge is -2.34. The molecule has 0 aromatic heterocycles. The summed E-state index contributed by atoms with van der Waals surface area (Å²) in [6, 6.07) is 4.21. The molecule has 1 aliphatic heterocycles. The Labute approximate surface area is 146 Å². The molecule has 1 aromatic rings. The monoisotopic (exact) mass is 355 g/mol. The van der Waals surface area contributed by atoms with Crippen LogP contribution in [-0.2, 0) is 4.79 Å². The van der Waals surface area contributed by atoms with Crippen molar-refractivity contribution in [2.45, 2.75) is 13.8 Å². The number of benzene rings is 1. The molecule has 0 spiro atoms. The van der Waals surface area contributed by atoms with E-state index in [-0.39, 0.29) is 16.5 Å². The number of nitrogens with zero attached hydrogens (tertiary/aromatic N) is 2. The van der Waals surface area contributed by atoms with Crippen LogP contribution in [0.1, 0.15) is 24.2 Å². The van der Waals surface area contributed by atoms with Gasteiger partial charge in [-0.15, -0.1) is 0 Å². The summed E-state index contributed by atoms with van der Waals surface area (Å²) < 4.78 is 13.9. The molecule has 1 heterocycles. The first-order valence-corrected chi connectivity index (χ1v) is 8.48. The Bertz CT molecular complexity index is 581. The van der Waals surface area contributed by atoms with Crippen molar-refractivity contribution in [3.63, 3.8) is 0 Å². The van der Waals surface area contributed by atoms with Crippen molar-refractivity contribution < 1.29 is 14.0 Å². The molecule has 0 saturated carbocycles. The standard InChI is InChI=1S/C17H23ClFN3O2/c1-12(2)10-20-15(23)11-21-6-8-22(9-7-21)17(24)16-13(18)4-3-5-14(16)19/h3-5,12H,6-11H2,1-2H3,(H,20,23).